The number of hydrogen-bond acceptors (Lipinski definition) is 3. The Morgan fingerprint density at radius 2 is 1.76 bits per heavy atom. The summed E-state index contributed by atoms with van der Waals surface area (Å²) in [4.78, 5) is 29.7. The number of anilines is 2. The highest BCUT2D eigenvalue weighted by atomic mass is 16.3. The first-order valence-electron chi connectivity index (χ1n) is 9.95. The maximum Gasteiger partial charge on any atom is 0.294 e. The van der Waals surface area contributed by atoms with Gasteiger partial charge >= 0.3 is 0 Å². The first kappa shape index (κ1) is 19.0. The molecule has 1 aliphatic heterocycles. The van der Waals surface area contributed by atoms with Crippen LogP contribution in [0.1, 0.15) is 48.8 Å². The normalized spacial score (nSPS) is 18.2. The van der Waals surface area contributed by atoms with Crippen LogP contribution in [0.25, 0.3) is 0 Å². The molecule has 148 valence electrons. The second-order valence-corrected chi connectivity index (χ2v) is 7.26. The maximum atomic E-state index is 13.1. The van der Waals surface area contributed by atoms with Crippen LogP contribution < -0.4 is 9.80 Å². The fourth-order valence-electron chi connectivity index (χ4n) is 4.11. The van der Waals surface area contributed by atoms with Crippen LogP contribution in [0.15, 0.2) is 77.4 Å². The minimum atomic E-state index is -0.165. The first-order valence-corrected chi connectivity index (χ1v) is 9.95. The van der Waals surface area contributed by atoms with Crippen LogP contribution in [0.2, 0.25) is 0 Å². The molecule has 0 spiro atoms. The zero-order valence-corrected chi connectivity index (χ0v) is 16.6. The molecule has 5 nitrogen and oxygen atoms in total. The number of para-hydroxylation sites is 2. The predicted octanol–water partition coefficient (Wildman–Crippen LogP) is 5.20. The molecule has 2 aromatic carbocycles. The summed E-state index contributed by atoms with van der Waals surface area (Å²) in [6, 6.07) is 20.7. The molecule has 2 unspecified atom stereocenters. The molecule has 0 bridgehead atoms. The lowest BCUT2D eigenvalue weighted by atomic mass is 9.89. The van der Waals surface area contributed by atoms with Gasteiger partial charge in [0.05, 0.1) is 12.3 Å². The number of carbonyl (C=O) groups is 2. The van der Waals surface area contributed by atoms with Crippen LogP contribution in [-0.2, 0) is 4.79 Å². The Balaban J connectivity index is 1.80. The fourth-order valence-corrected chi connectivity index (χ4v) is 4.11. The Hall–Kier alpha value is -3.34. The van der Waals surface area contributed by atoms with Gasteiger partial charge in [-0.3, -0.25) is 9.59 Å². The molecule has 2 atom stereocenters. The predicted molar refractivity (Wildman–Crippen MR) is 113 cm³/mol. The number of nitrogens with zero attached hydrogens (tertiary/aromatic N) is 2. The molecule has 5 heteroatoms. The van der Waals surface area contributed by atoms with Gasteiger partial charge in [-0.2, -0.15) is 0 Å². The average molecular weight is 388 g/mol. The smallest absolute Gasteiger partial charge is 0.294 e. The molecular formula is C24H24N2O3. The number of furan rings is 1. The zero-order chi connectivity index (χ0) is 20.4. The van der Waals surface area contributed by atoms with E-state index in [1.165, 1.54) is 6.26 Å². The largest absolute Gasteiger partial charge is 0.459 e. The van der Waals surface area contributed by atoms with Crippen LogP contribution in [0.4, 0.5) is 11.4 Å². The minimum Gasteiger partial charge on any atom is -0.459 e. The van der Waals surface area contributed by atoms with E-state index in [-0.39, 0.29) is 23.9 Å². The van der Waals surface area contributed by atoms with Gasteiger partial charge in [-0.1, -0.05) is 43.3 Å². The van der Waals surface area contributed by atoms with Gasteiger partial charge in [-0.15, -0.1) is 0 Å². The van der Waals surface area contributed by atoms with Crippen molar-refractivity contribution in [3.05, 3.63) is 84.3 Å². The lowest BCUT2D eigenvalue weighted by Crippen LogP contribution is -2.47. The third kappa shape index (κ3) is 3.44. The molecule has 2 amide bonds. The third-order valence-electron chi connectivity index (χ3n) is 5.43. The highest BCUT2D eigenvalue weighted by Crippen LogP contribution is 2.42. The third-order valence-corrected chi connectivity index (χ3v) is 5.43. The molecule has 0 aliphatic carbocycles. The van der Waals surface area contributed by atoms with E-state index in [0.717, 1.165) is 16.9 Å². The van der Waals surface area contributed by atoms with Crippen LogP contribution in [-0.4, -0.2) is 17.9 Å². The lowest BCUT2D eigenvalue weighted by Gasteiger charge is -2.43. The van der Waals surface area contributed by atoms with Crippen LogP contribution in [0, 0.1) is 0 Å². The number of rotatable bonds is 4. The van der Waals surface area contributed by atoms with Gasteiger partial charge in [-0.05, 0) is 49.2 Å². The van der Waals surface area contributed by atoms with Gasteiger partial charge in [0.25, 0.3) is 5.91 Å². The van der Waals surface area contributed by atoms with Crippen molar-refractivity contribution >= 4 is 23.2 Å². The average Bonchev–Trinajstić information content (AvgIpc) is 3.29. The van der Waals surface area contributed by atoms with E-state index in [1.807, 2.05) is 73.3 Å². The highest BCUT2D eigenvalue weighted by Gasteiger charge is 2.38. The van der Waals surface area contributed by atoms with Crippen molar-refractivity contribution in [1.82, 2.24) is 0 Å². The Morgan fingerprint density at radius 3 is 2.45 bits per heavy atom. The van der Waals surface area contributed by atoms with Crippen molar-refractivity contribution < 1.29 is 14.0 Å². The quantitative estimate of drug-likeness (QED) is 0.617. The molecule has 29 heavy (non-hydrogen) atoms. The molecule has 0 saturated carbocycles. The second kappa shape index (κ2) is 7.95. The molecule has 0 N–H and O–H groups in total. The van der Waals surface area contributed by atoms with Crippen LogP contribution >= 0.6 is 0 Å². The molecule has 1 aromatic heterocycles. The fraction of sp³-hybridized carbons (Fsp3) is 0.250. The molecule has 1 aliphatic rings. The van der Waals surface area contributed by atoms with E-state index < -0.39 is 0 Å². The topological polar surface area (TPSA) is 53.8 Å². The van der Waals surface area contributed by atoms with E-state index >= 15 is 0 Å². The monoisotopic (exact) mass is 388 g/mol. The number of hydrogen-bond donors (Lipinski definition) is 0. The van der Waals surface area contributed by atoms with E-state index in [0.29, 0.717) is 18.6 Å². The Bertz CT molecular complexity index is 998. The summed E-state index contributed by atoms with van der Waals surface area (Å²) >= 11 is 0. The molecule has 0 saturated heterocycles. The summed E-state index contributed by atoms with van der Waals surface area (Å²) in [5, 5.41) is 0. The van der Waals surface area contributed by atoms with E-state index in [2.05, 4.69) is 0 Å². The molecule has 2 heterocycles. The van der Waals surface area contributed by atoms with Crippen molar-refractivity contribution in [2.24, 2.45) is 0 Å². The highest BCUT2D eigenvalue weighted by molar-refractivity contribution is 6.06. The molecule has 0 fully saturated rings. The van der Waals surface area contributed by atoms with Crippen molar-refractivity contribution in [3.63, 3.8) is 0 Å². The van der Waals surface area contributed by atoms with Crippen molar-refractivity contribution in [1.29, 1.82) is 0 Å². The molecule has 0 radical (unpaired) electrons. The first-order chi connectivity index (χ1) is 14.1. The number of carbonyl (C=O) groups excluding carboxylic acids is 2. The van der Waals surface area contributed by atoms with E-state index in [1.54, 1.807) is 17.0 Å². The summed E-state index contributed by atoms with van der Waals surface area (Å²) in [5.74, 6) is 0.213. The summed E-state index contributed by atoms with van der Waals surface area (Å²) in [6.07, 6.45) is 2.56. The summed E-state index contributed by atoms with van der Waals surface area (Å²) in [7, 11) is 0. The Kier molecular flexibility index (Phi) is 5.21. The van der Waals surface area contributed by atoms with Crippen molar-refractivity contribution in [2.45, 2.75) is 38.8 Å². The molecule has 4 rings (SSSR count). The standard InChI is InChI=1S/C24H24N2O3/c1-3-23(27)26(18-10-5-4-6-11-18)21-16-17(2)25(20-13-8-7-12-19(20)21)24(28)22-14-9-15-29-22/h4-15,17,21H,3,16H2,1-2H3. The van der Waals surface area contributed by atoms with Gasteiger partial charge < -0.3 is 14.2 Å². The number of fused-ring (bicyclic) bond motifs is 1. The number of benzene rings is 2. The number of amides is 2. The Labute approximate surface area is 170 Å². The summed E-state index contributed by atoms with van der Waals surface area (Å²) < 4.78 is 5.36. The second-order valence-electron chi connectivity index (χ2n) is 7.26. The van der Waals surface area contributed by atoms with Crippen LogP contribution in [0.3, 0.4) is 0 Å². The van der Waals surface area contributed by atoms with Gasteiger partial charge in [0, 0.05) is 23.8 Å². The van der Waals surface area contributed by atoms with Gasteiger partial charge in [0.1, 0.15) is 0 Å². The van der Waals surface area contributed by atoms with Gasteiger partial charge in [0.2, 0.25) is 5.91 Å². The van der Waals surface area contributed by atoms with Crippen LogP contribution in [0.5, 0.6) is 0 Å². The molecular weight excluding hydrogens is 364 g/mol. The summed E-state index contributed by atoms with van der Waals surface area (Å²) in [6.45, 7) is 3.90. The van der Waals surface area contributed by atoms with Gasteiger partial charge in [-0.25, -0.2) is 0 Å². The van der Waals surface area contributed by atoms with Crippen molar-refractivity contribution in [3.8, 4) is 0 Å². The van der Waals surface area contributed by atoms with E-state index in [9.17, 15) is 9.59 Å². The van der Waals surface area contributed by atoms with Crippen molar-refractivity contribution in [2.75, 3.05) is 9.80 Å². The summed E-state index contributed by atoms with van der Waals surface area (Å²) in [5.41, 5.74) is 2.66. The van der Waals surface area contributed by atoms with E-state index in [4.69, 9.17) is 4.42 Å². The SMILES string of the molecule is CCC(=O)N(c1ccccc1)C1CC(C)N(C(=O)c2ccco2)c2ccccc21. The minimum absolute atomic E-state index is 0.0639. The van der Waals surface area contributed by atoms with Gasteiger partial charge in [0.15, 0.2) is 5.76 Å². The Morgan fingerprint density at radius 1 is 1.03 bits per heavy atom. The lowest BCUT2D eigenvalue weighted by molar-refractivity contribution is -0.118. The zero-order valence-electron chi connectivity index (χ0n) is 16.6. The maximum absolute atomic E-state index is 13.1. The molecule has 3 aromatic rings.